The van der Waals surface area contributed by atoms with Crippen molar-refractivity contribution in [2.75, 3.05) is 25.5 Å². The lowest BCUT2D eigenvalue weighted by Gasteiger charge is -2.30. The first kappa shape index (κ1) is 16.4. The van der Waals surface area contributed by atoms with Crippen LogP contribution in [-0.4, -0.2) is 51.6 Å². The average molecular weight is 328 g/mol. The summed E-state index contributed by atoms with van der Waals surface area (Å²) in [6.45, 7) is 3.23. The third-order valence-corrected chi connectivity index (χ3v) is 4.34. The minimum atomic E-state index is 0.201. The van der Waals surface area contributed by atoms with E-state index in [9.17, 15) is 4.79 Å². The Balaban J connectivity index is 1.63. The predicted molar refractivity (Wildman–Crippen MR) is 91.7 cm³/mol. The number of hydrogen-bond acceptors (Lipinski definition) is 5. The van der Waals surface area contributed by atoms with Crippen molar-refractivity contribution in [1.82, 2.24) is 25.1 Å². The third kappa shape index (κ3) is 3.55. The topological polar surface area (TPSA) is 78.0 Å². The Hall–Kier alpha value is -2.44. The number of nitrogens with one attached hydrogen (secondary N) is 1. The van der Waals surface area contributed by atoms with Crippen molar-refractivity contribution in [3.63, 3.8) is 0 Å². The van der Waals surface area contributed by atoms with Crippen LogP contribution in [-0.2, 0) is 24.2 Å². The lowest BCUT2D eigenvalue weighted by Crippen LogP contribution is -2.37. The summed E-state index contributed by atoms with van der Waals surface area (Å²) >= 11 is 0. The van der Waals surface area contributed by atoms with Crippen LogP contribution >= 0.6 is 0 Å². The number of H-pyrrole nitrogens is 1. The van der Waals surface area contributed by atoms with Gasteiger partial charge in [0.05, 0.1) is 18.4 Å². The number of carbonyl (C=O) groups excluding carboxylic acids is 1. The molecular formula is C17H24N6O. The monoisotopic (exact) mass is 328 g/mol. The molecule has 24 heavy (non-hydrogen) atoms. The molecule has 1 aliphatic heterocycles. The number of rotatable bonds is 5. The summed E-state index contributed by atoms with van der Waals surface area (Å²) < 4.78 is 0. The Morgan fingerprint density at radius 1 is 1.38 bits per heavy atom. The molecular weight excluding hydrogens is 304 g/mol. The first-order valence-corrected chi connectivity index (χ1v) is 8.33. The van der Waals surface area contributed by atoms with Gasteiger partial charge in [0, 0.05) is 38.8 Å². The zero-order chi connectivity index (χ0) is 17.1. The summed E-state index contributed by atoms with van der Waals surface area (Å²) in [5, 5.41) is 6.73. The van der Waals surface area contributed by atoms with Gasteiger partial charge in [0.25, 0.3) is 0 Å². The molecule has 0 radical (unpaired) electrons. The molecule has 1 aliphatic rings. The molecule has 128 valence electrons. The fourth-order valence-electron chi connectivity index (χ4n) is 3.13. The first-order chi connectivity index (χ1) is 11.5. The van der Waals surface area contributed by atoms with Gasteiger partial charge in [0.15, 0.2) is 0 Å². The summed E-state index contributed by atoms with van der Waals surface area (Å²) in [5.74, 6) is 1.93. The zero-order valence-electron chi connectivity index (χ0n) is 14.5. The van der Waals surface area contributed by atoms with Gasteiger partial charge in [0.1, 0.15) is 11.6 Å². The second kappa shape index (κ2) is 6.98. The normalized spacial score (nSPS) is 13.7. The smallest absolute Gasteiger partial charge is 0.222 e. The van der Waals surface area contributed by atoms with Crippen molar-refractivity contribution in [1.29, 1.82) is 0 Å². The van der Waals surface area contributed by atoms with Gasteiger partial charge in [-0.2, -0.15) is 5.10 Å². The molecule has 0 spiro atoms. The number of fused-ring (bicyclic) bond motifs is 1. The van der Waals surface area contributed by atoms with Crippen molar-refractivity contribution in [2.45, 2.75) is 39.2 Å². The first-order valence-electron chi connectivity index (χ1n) is 8.33. The van der Waals surface area contributed by atoms with Crippen LogP contribution in [0.25, 0.3) is 0 Å². The fraction of sp³-hybridized carbons (Fsp3) is 0.529. The SMILES string of the molecule is Cc1nc2c(c(N(C)C)n1)CCN(C(=O)CCCc1cn[nH]c1)C2. The van der Waals surface area contributed by atoms with Gasteiger partial charge in [0.2, 0.25) is 5.91 Å². The standard InChI is InChI=1S/C17H24N6O/c1-12-20-15-11-23(8-7-14(15)17(21-12)22(2)3)16(24)6-4-5-13-9-18-19-10-13/h9-10H,4-8,11H2,1-3H3,(H,18,19). The molecule has 3 rings (SSSR count). The molecule has 1 N–H and O–H groups in total. The highest BCUT2D eigenvalue weighted by molar-refractivity contribution is 5.76. The summed E-state index contributed by atoms with van der Waals surface area (Å²) in [6, 6.07) is 0. The van der Waals surface area contributed by atoms with Crippen molar-refractivity contribution in [3.05, 3.63) is 35.0 Å². The van der Waals surface area contributed by atoms with Gasteiger partial charge in [-0.1, -0.05) is 0 Å². The average Bonchev–Trinajstić information content (AvgIpc) is 3.06. The van der Waals surface area contributed by atoms with Crippen LogP contribution in [0.15, 0.2) is 12.4 Å². The van der Waals surface area contributed by atoms with Gasteiger partial charge in [-0.3, -0.25) is 9.89 Å². The molecule has 2 aromatic rings. The van der Waals surface area contributed by atoms with Crippen LogP contribution in [0.5, 0.6) is 0 Å². The Kier molecular flexibility index (Phi) is 4.78. The number of amides is 1. The van der Waals surface area contributed by atoms with E-state index >= 15 is 0 Å². The van der Waals surface area contributed by atoms with E-state index in [-0.39, 0.29) is 5.91 Å². The number of hydrogen-bond donors (Lipinski definition) is 1. The van der Waals surface area contributed by atoms with E-state index in [4.69, 9.17) is 0 Å². The van der Waals surface area contributed by atoms with Crippen LogP contribution in [0, 0.1) is 6.92 Å². The minimum Gasteiger partial charge on any atom is -0.362 e. The highest BCUT2D eigenvalue weighted by Gasteiger charge is 2.25. The highest BCUT2D eigenvalue weighted by Crippen LogP contribution is 2.25. The van der Waals surface area contributed by atoms with Crippen molar-refractivity contribution in [3.8, 4) is 0 Å². The van der Waals surface area contributed by atoms with Gasteiger partial charge >= 0.3 is 0 Å². The number of aryl methyl sites for hydroxylation is 2. The van der Waals surface area contributed by atoms with E-state index in [2.05, 4.69) is 20.2 Å². The van der Waals surface area contributed by atoms with Crippen molar-refractivity contribution < 1.29 is 4.79 Å². The van der Waals surface area contributed by atoms with E-state index in [1.54, 1.807) is 0 Å². The summed E-state index contributed by atoms with van der Waals surface area (Å²) in [6.07, 6.45) is 6.78. The van der Waals surface area contributed by atoms with Crippen LogP contribution < -0.4 is 4.90 Å². The Morgan fingerprint density at radius 2 is 2.21 bits per heavy atom. The van der Waals surface area contributed by atoms with Gasteiger partial charge in [-0.15, -0.1) is 0 Å². The molecule has 0 aliphatic carbocycles. The van der Waals surface area contributed by atoms with Crippen LogP contribution in [0.4, 0.5) is 5.82 Å². The molecule has 0 bridgehead atoms. The maximum absolute atomic E-state index is 12.5. The Bertz CT molecular complexity index is 710. The lowest BCUT2D eigenvalue weighted by molar-refractivity contribution is -0.132. The number of anilines is 1. The second-order valence-corrected chi connectivity index (χ2v) is 6.44. The number of carbonyl (C=O) groups is 1. The number of aromatic amines is 1. The fourth-order valence-corrected chi connectivity index (χ4v) is 3.13. The molecule has 0 atom stereocenters. The van der Waals surface area contributed by atoms with E-state index in [0.717, 1.165) is 48.7 Å². The maximum Gasteiger partial charge on any atom is 0.222 e. The third-order valence-electron chi connectivity index (χ3n) is 4.34. The number of nitrogens with zero attached hydrogens (tertiary/aromatic N) is 5. The molecule has 0 unspecified atom stereocenters. The summed E-state index contributed by atoms with van der Waals surface area (Å²) in [4.78, 5) is 25.5. The Labute approximate surface area is 142 Å². The molecule has 1 amide bonds. The lowest BCUT2D eigenvalue weighted by atomic mass is 10.0. The highest BCUT2D eigenvalue weighted by atomic mass is 16.2. The number of aromatic nitrogens is 4. The molecule has 0 fully saturated rings. The molecule has 0 saturated heterocycles. The minimum absolute atomic E-state index is 0.201. The van der Waals surface area contributed by atoms with Crippen molar-refractivity contribution in [2.24, 2.45) is 0 Å². The second-order valence-electron chi connectivity index (χ2n) is 6.44. The van der Waals surface area contributed by atoms with Crippen LogP contribution in [0.3, 0.4) is 0 Å². The predicted octanol–water partition coefficient (Wildman–Crippen LogP) is 1.48. The summed E-state index contributed by atoms with van der Waals surface area (Å²) in [5.41, 5.74) is 3.31. The largest absolute Gasteiger partial charge is 0.362 e. The van der Waals surface area contributed by atoms with Gasteiger partial charge in [-0.05, 0) is 31.7 Å². The van der Waals surface area contributed by atoms with E-state index in [1.807, 2.05) is 43.2 Å². The molecule has 7 nitrogen and oxygen atoms in total. The molecule has 3 heterocycles. The van der Waals surface area contributed by atoms with Gasteiger partial charge < -0.3 is 9.80 Å². The molecule has 2 aromatic heterocycles. The molecule has 7 heteroatoms. The van der Waals surface area contributed by atoms with Crippen LogP contribution in [0.1, 0.15) is 35.5 Å². The van der Waals surface area contributed by atoms with E-state index < -0.39 is 0 Å². The van der Waals surface area contributed by atoms with E-state index in [0.29, 0.717) is 13.0 Å². The zero-order valence-corrected chi connectivity index (χ0v) is 14.5. The Morgan fingerprint density at radius 3 is 2.92 bits per heavy atom. The molecule has 0 aromatic carbocycles. The van der Waals surface area contributed by atoms with E-state index in [1.165, 1.54) is 5.56 Å². The van der Waals surface area contributed by atoms with Crippen molar-refractivity contribution >= 4 is 11.7 Å². The van der Waals surface area contributed by atoms with Gasteiger partial charge in [-0.25, -0.2) is 9.97 Å². The summed E-state index contributed by atoms with van der Waals surface area (Å²) in [7, 11) is 3.99. The quantitative estimate of drug-likeness (QED) is 0.899. The maximum atomic E-state index is 12.5. The molecule has 0 saturated carbocycles. The van der Waals surface area contributed by atoms with Crippen LogP contribution in [0.2, 0.25) is 0 Å².